The Hall–Kier alpha value is -1.79. The molecule has 0 amide bonds. The largest absolute Gasteiger partial charge is 0.378 e. The van der Waals surface area contributed by atoms with E-state index in [4.69, 9.17) is 16.3 Å². The molecular formula is C12H12ClN5O. The zero-order chi connectivity index (χ0) is 13.1. The molecule has 7 heteroatoms. The topological polar surface area (TPSA) is 64.0 Å². The van der Waals surface area contributed by atoms with Gasteiger partial charge >= 0.3 is 0 Å². The SMILES string of the molecule is Clc1nc(-c2cccnc2)nc(N2CCOCC2)n1. The highest BCUT2D eigenvalue weighted by atomic mass is 35.5. The second kappa shape index (κ2) is 5.46. The van der Waals surface area contributed by atoms with Crippen LogP contribution in [0.2, 0.25) is 5.28 Å². The van der Waals surface area contributed by atoms with Crippen LogP contribution >= 0.6 is 11.6 Å². The molecule has 0 bridgehead atoms. The van der Waals surface area contributed by atoms with Crippen LogP contribution in [-0.2, 0) is 4.74 Å². The Bertz CT molecular complexity index is 559. The molecule has 1 aliphatic rings. The normalized spacial score (nSPS) is 15.5. The van der Waals surface area contributed by atoms with Crippen molar-refractivity contribution in [3.05, 3.63) is 29.8 Å². The van der Waals surface area contributed by atoms with Gasteiger partial charge in [-0.2, -0.15) is 15.0 Å². The molecule has 19 heavy (non-hydrogen) atoms. The zero-order valence-corrected chi connectivity index (χ0v) is 10.9. The first kappa shape index (κ1) is 12.3. The summed E-state index contributed by atoms with van der Waals surface area (Å²) >= 11 is 5.98. The molecule has 0 aliphatic carbocycles. The molecule has 0 radical (unpaired) electrons. The van der Waals surface area contributed by atoms with E-state index < -0.39 is 0 Å². The van der Waals surface area contributed by atoms with E-state index in [1.807, 2.05) is 17.0 Å². The Balaban J connectivity index is 1.96. The van der Waals surface area contributed by atoms with Gasteiger partial charge < -0.3 is 9.64 Å². The van der Waals surface area contributed by atoms with Crippen molar-refractivity contribution in [2.75, 3.05) is 31.2 Å². The molecule has 0 atom stereocenters. The first-order chi connectivity index (χ1) is 9.33. The van der Waals surface area contributed by atoms with E-state index in [0.717, 1.165) is 18.7 Å². The average Bonchev–Trinajstić information content (AvgIpc) is 2.48. The molecule has 98 valence electrons. The Morgan fingerprint density at radius 1 is 1.16 bits per heavy atom. The van der Waals surface area contributed by atoms with Crippen LogP contribution in [0.1, 0.15) is 0 Å². The third kappa shape index (κ3) is 2.80. The summed E-state index contributed by atoms with van der Waals surface area (Å²) in [4.78, 5) is 18.9. The van der Waals surface area contributed by atoms with Crippen LogP contribution in [0.3, 0.4) is 0 Å². The third-order valence-corrected chi connectivity index (χ3v) is 2.98. The summed E-state index contributed by atoms with van der Waals surface area (Å²) in [6.07, 6.45) is 3.41. The molecular weight excluding hydrogens is 266 g/mol. The van der Waals surface area contributed by atoms with Gasteiger partial charge in [0.25, 0.3) is 0 Å². The number of nitrogens with zero attached hydrogens (tertiary/aromatic N) is 5. The first-order valence-corrected chi connectivity index (χ1v) is 6.35. The van der Waals surface area contributed by atoms with Crippen LogP contribution in [0, 0.1) is 0 Å². The van der Waals surface area contributed by atoms with Gasteiger partial charge in [0.2, 0.25) is 11.2 Å². The summed E-state index contributed by atoms with van der Waals surface area (Å²) in [6, 6.07) is 3.73. The molecule has 0 spiro atoms. The lowest BCUT2D eigenvalue weighted by atomic mass is 10.3. The molecule has 3 heterocycles. The Morgan fingerprint density at radius 2 is 2.00 bits per heavy atom. The van der Waals surface area contributed by atoms with Crippen LogP contribution in [0.15, 0.2) is 24.5 Å². The Kier molecular flexibility index (Phi) is 3.52. The van der Waals surface area contributed by atoms with Crippen molar-refractivity contribution in [1.29, 1.82) is 0 Å². The fraction of sp³-hybridized carbons (Fsp3) is 0.333. The number of halogens is 1. The van der Waals surface area contributed by atoms with Gasteiger partial charge in [-0.05, 0) is 23.7 Å². The van der Waals surface area contributed by atoms with Gasteiger partial charge in [0.1, 0.15) is 0 Å². The maximum Gasteiger partial charge on any atom is 0.230 e. The molecule has 1 fully saturated rings. The van der Waals surface area contributed by atoms with Gasteiger partial charge in [0.15, 0.2) is 5.82 Å². The quantitative estimate of drug-likeness (QED) is 0.827. The Labute approximate surface area is 115 Å². The highest BCUT2D eigenvalue weighted by Crippen LogP contribution is 2.19. The van der Waals surface area contributed by atoms with E-state index in [2.05, 4.69) is 19.9 Å². The fourth-order valence-electron chi connectivity index (χ4n) is 1.87. The monoisotopic (exact) mass is 277 g/mol. The highest BCUT2D eigenvalue weighted by Gasteiger charge is 2.16. The predicted octanol–water partition coefficient (Wildman–Crippen LogP) is 1.42. The highest BCUT2D eigenvalue weighted by molar-refractivity contribution is 6.28. The fourth-order valence-corrected chi connectivity index (χ4v) is 2.02. The zero-order valence-electron chi connectivity index (χ0n) is 10.2. The van der Waals surface area contributed by atoms with E-state index in [1.54, 1.807) is 12.4 Å². The summed E-state index contributed by atoms with van der Waals surface area (Å²) in [5.41, 5.74) is 0.821. The third-order valence-electron chi connectivity index (χ3n) is 2.81. The maximum atomic E-state index is 5.98. The molecule has 1 saturated heterocycles. The standard InChI is InChI=1S/C12H12ClN5O/c13-11-15-10(9-2-1-3-14-8-9)16-12(17-11)18-4-6-19-7-5-18/h1-3,8H,4-7H2. The van der Waals surface area contributed by atoms with Crippen molar-refractivity contribution in [2.24, 2.45) is 0 Å². The van der Waals surface area contributed by atoms with E-state index in [1.165, 1.54) is 0 Å². The van der Waals surface area contributed by atoms with Crippen LogP contribution in [0.25, 0.3) is 11.4 Å². The van der Waals surface area contributed by atoms with Crippen LogP contribution < -0.4 is 4.90 Å². The summed E-state index contributed by atoms with van der Waals surface area (Å²) in [5, 5.41) is 0.190. The van der Waals surface area contributed by atoms with Crippen molar-refractivity contribution in [3.8, 4) is 11.4 Å². The van der Waals surface area contributed by atoms with E-state index in [0.29, 0.717) is 25.0 Å². The van der Waals surface area contributed by atoms with E-state index in [9.17, 15) is 0 Å². The summed E-state index contributed by atoms with van der Waals surface area (Å²) in [6.45, 7) is 2.86. The molecule has 2 aromatic heterocycles. The van der Waals surface area contributed by atoms with Gasteiger partial charge in [-0.15, -0.1) is 0 Å². The minimum Gasteiger partial charge on any atom is -0.378 e. The summed E-state index contributed by atoms with van der Waals surface area (Å²) in [7, 11) is 0. The predicted molar refractivity (Wildman–Crippen MR) is 71.1 cm³/mol. The minimum absolute atomic E-state index is 0.190. The smallest absolute Gasteiger partial charge is 0.230 e. The van der Waals surface area contributed by atoms with E-state index in [-0.39, 0.29) is 5.28 Å². The van der Waals surface area contributed by atoms with Crippen molar-refractivity contribution < 1.29 is 4.74 Å². The number of aromatic nitrogens is 4. The van der Waals surface area contributed by atoms with Crippen LogP contribution in [0.4, 0.5) is 5.95 Å². The Morgan fingerprint density at radius 3 is 2.74 bits per heavy atom. The van der Waals surface area contributed by atoms with Crippen molar-refractivity contribution in [2.45, 2.75) is 0 Å². The molecule has 0 N–H and O–H groups in total. The minimum atomic E-state index is 0.190. The molecule has 3 rings (SSSR count). The van der Waals surface area contributed by atoms with Crippen LogP contribution in [0.5, 0.6) is 0 Å². The van der Waals surface area contributed by atoms with Crippen molar-refractivity contribution in [3.63, 3.8) is 0 Å². The number of rotatable bonds is 2. The lowest BCUT2D eigenvalue weighted by molar-refractivity contribution is 0.122. The number of hydrogen-bond acceptors (Lipinski definition) is 6. The summed E-state index contributed by atoms with van der Waals surface area (Å²) < 4.78 is 5.31. The van der Waals surface area contributed by atoms with Gasteiger partial charge in [0, 0.05) is 31.0 Å². The molecule has 0 saturated carbocycles. The molecule has 2 aromatic rings. The number of pyridine rings is 1. The molecule has 1 aliphatic heterocycles. The van der Waals surface area contributed by atoms with Crippen molar-refractivity contribution in [1.82, 2.24) is 19.9 Å². The summed E-state index contributed by atoms with van der Waals surface area (Å²) in [5.74, 6) is 1.12. The maximum absolute atomic E-state index is 5.98. The van der Waals surface area contributed by atoms with Gasteiger partial charge in [-0.1, -0.05) is 0 Å². The van der Waals surface area contributed by atoms with Gasteiger partial charge in [-0.3, -0.25) is 4.98 Å². The van der Waals surface area contributed by atoms with E-state index >= 15 is 0 Å². The molecule has 0 unspecified atom stereocenters. The lowest BCUT2D eigenvalue weighted by Gasteiger charge is -2.26. The van der Waals surface area contributed by atoms with Gasteiger partial charge in [0.05, 0.1) is 13.2 Å². The number of morpholine rings is 1. The average molecular weight is 278 g/mol. The molecule has 0 aromatic carbocycles. The second-order valence-corrected chi connectivity index (χ2v) is 4.41. The molecule has 6 nitrogen and oxygen atoms in total. The number of anilines is 1. The van der Waals surface area contributed by atoms with Gasteiger partial charge in [-0.25, -0.2) is 0 Å². The van der Waals surface area contributed by atoms with Crippen molar-refractivity contribution >= 4 is 17.5 Å². The van der Waals surface area contributed by atoms with Crippen LogP contribution in [-0.4, -0.2) is 46.2 Å². The lowest BCUT2D eigenvalue weighted by Crippen LogP contribution is -2.37. The first-order valence-electron chi connectivity index (χ1n) is 5.97. The second-order valence-electron chi connectivity index (χ2n) is 4.07. The number of ether oxygens (including phenoxy) is 1. The number of hydrogen-bond donors (Lipinski definition) is 0.